The second kappa shape index (κ2) is 19.4. The fourth-order valence-electron chi connectivity index (χ4n) is 0.642. The Hall–Kier alpha value is -1.14. The molecule has 0 saturated heterocycles. The molecule has 0 atom stereocenters. The van der Waals surface area contributed by atoms with E-state index in [1.165, 1.54) is 0 Å². The van der Waals surface area contributed by atoms with Gasteiger partial charge in [-0.1, -0.05) is 26.7 Å². The van der Waals surface area contributed by atoms with Crippen LogP contribution in [0, 0.1) is 0 Å². The summed E-state index contributed by atoms with van der Waals surface area (Å²) in [6.07, 6.45) is 3.74. The van der Waals surface area contributed by atoms with E-state index < -0.39 is 11.9 Å². The van der Waals surface area contributed by atoms with Crippen molar-refractivity contribution in [3.63, 3.8) is 0 Å². The molecule has 0 amide bonds. The van der Waals surface area contributed by atoms with Crippen LogP contribution in [0.4, 0.5) is 0 Å². The number of carboxylic acids is 2. The molecule has 6 heteroatoms. The summed E-state index contributed by atoms with van der Waals surface area (Å²) in [5.74, 6) is -1.89. The quantitative estimate of drug-likeness (QED) is 0.695. The molecule has 0 fully saturated rings. The molecule has 0 heterocycles. The Kier molecular flexibility index (Phi) is 29.4. The highest BCUT2D eigenvalue weighted by Crippen LogP contribution is 1.90. The van der Waals surface area contributed by atoms with E-state index in [4.69, 9.17) is 0 Å². The molecule has 0 saturated carbocycles. The molecule has 8 N–H and O–H groups in total. The van der Waals surface area contributed by atoms with Crippen molar-refractivity contribution in [1.82, 2.24) is 12.3 Å². The molecular weight excluding hydrogens is 212 g/mol. The number of carbonyl (C=O) groups is 2. The van der Waals surface area contributed by atoms with Crippen molar-refractivity contribution < 1.29 is 19.8 Å². The fraction of sp³-hybridized carbons (Fsp3) is 0.800. The largest absolute Gasteiger partial charge is 0.550 e. The predicted octanol–water partition coefficient (Wildman–Crippen LogP) is 0.605. The predicted molar refractivity (Wildman–Crippen MR) is 61.0 cm³/mol. The van der Waals surface area contributed by atoms with Gasteiger partial charge in [0.1, 0.15) is 0 Å². The summed E-state index contributed by atoms with van der Waals surface area (Å²) in [4.78, 5) is 19.3. The maximum Gasteiger partial charge on any atom is 0.0414 e. The summed E-state index contributed by atoms with van der Waals surface area (Å²) >= 11 is 0. The Labute approximate surface area is 97.2 Å². The zero-order valence-corrected chi connectivity index (χ0v) is 10.9. The van der Waals surface area contributed by atoms with Crippen LogP contribution in [0.1, 0.15) is 52.4 Å². The molecule has 0 aromatic heterocycles. The Morgan fingerprint density at radius 2 is 1.06 bits per heavy atom. The van der Waals surface area contributed by atoms with Gasteiger partial charge < -0.3 is 32.1 Å². The SMILES string of the molecule is CCCCC(=O)[O-].CCCCC(=O)[O-].[NH4+].[NH4+]. The van der Waals surface area contributed by atoms with E-state index in [0.29, 0.717) is 0 Å². The highest BCUT2D eigenvalue weighted by Gasteiger charge is 1.81. The maximum absolute atomic E-state index is 9.65. The third-order valence-electron chi connectivity index (χ3n) is 1.47. The Bertz CT molecular complexity index is 145. The molecule has 0 aliphatic carbocycles. The first kappa shape index (κ1) is 24.2. The molecule has 6 nitrogen and oxygen atoms in total. The van der Waals surface area contributed by atoms with Crippen LogP contribution in [0.3, 0.4) is 0 Å². The zero-order chi connectivity index (χ0) is 11.4. The molecule has 0 rings (SSSR count). The Morgan fingerprint density at radius 1 is 0.812 bits per heavy atom. The summed E-state index contributed by atoms with van der Waals surface area (Å²) in [5.41, 5.74) is 0. The van der Waals surface area contributed by atoms with Crippen LogP contribution in [0.15, 0.2) is 0 Å². The summed E-state index contributed by atoms with van der Waals surface area (Å²) in [5, 5.41) is 19.3. The van der Waals surface area contributed by atoms with Crippen LogP contribution in [-0.2, 0) is 9.59 Å². The molecule has 0 aromatic carbocycles. The van der Waals surface area contributed by atoms with Gasteiger partial charge in [-0.15, -0.1) is 0 Å². The van der Waals surface area contributed by atoms with Crippen molar-refractivity contribution in [1.29, 1.82) is 0 Å². The highest BCUT2D eigenvalue weighted by molar-refractivity contribution is 5.64. The Morgan fingerprint density at radius 3 is 1.12 bits per heavy atom. The number of hydrogen-bond donors (Lipinski definition) is 2. The Balaban J connectivity index is -0.0000000800. The zero-order valence-electron chi connectivity index (χ0n) is 10.9. The third kappa shape index (κ3) is 38.4. The van der Waals surface area contributed by atoms with E-state index in [-0.39, 0.29) is 25.1 Å². The van der Waals surface area contributed by atoms with E-state index in [2.05, 4.69) is 0 Å². The number of aliphatic carboxylic acids is 2. The molecule has 0 bridgehead atoms. The lowest BCUT2D eigenvalue weighted by Gasteiger charge is -1.95. The lowest BCUT2D eigenvalue weighted by atomic mass is 10.3. The minimum Gasteiger partial charge on any atom is -0.550 e. The smallest absolute Gasteiger partial charge is 0.0414 e. The lowest BCUT2D eigenvalue weighted by molar-refractivity contribution is -0.307. The number of rotatable bonds is 6. The standard InChI is InChI=1S/2C5H10O2.2H3N/c2*1-2-3-4-5(6)7;;/h2*2-4H2,1H3,(H,6,7);2*1H3. The first-order valence-electron chi connectivity index (χ1n) is 4.94. The van der Waals surface area contributed by atoms with E-state index in [9.17, 15) is 19.8 Å². The van der Waals surface area contributed by atoms with Crippen molar-refractivity contribution in [2.45, 2.75) is 52.4 Å². The van der Waals surface area contributed by atoms with Crippen LogP contribution in [0.2, 0.25) is 0 Å². The third-order valence-corrected chi connectivity index (χ3v) is 1.47. The van der Waals surface area contributed by atoms with Gasteiger partial charge in [0, 0.05) is 11.9 Å². The second-order valence-electron chi connectivity index (χ2n) is 2.95. The van der Waals surface area contributed by atoms with Crippen LogP contribution < -0.4 is 22.5 Å². The van der Waals surface area contributed by atoms with Gasteiger partial charge in [0.15, 0.2) is 0 Å². The van der Waals surface area contributed by atoms with Crippen molar-refractivity contribution in [2.75, 3.05) is 0 Å². The molecule has 16 heavy (non-hydrogen) atoms. The van der Waals surface area contributed by atoms with Gasteiger partial charge in [0.2, 0.25) is 0 Å². The molecule has 0 aromatic rings. The topological polar surface area (TPSA) is 153 Å². The van der Waals surface area contributed by atoms with E-state index in [1.807, 2.05) is 13.8 Å². The molecule has 0 aliphatic heterocycles. The maximum atomic E-state index is 9.65. The van der Waals surface area contributed by atoms with Crippen LogP contribution >= 0.6 is 0 Å². The lowest BCUT2D eigenvalue weighted by Crippen LogP contribution is -2.21. The van der Waals surface area contributed by atoms with Crippen molar-refractivity contribution in [2.24, 2.45) is 0 Å². The summed E-state index contributed by atoms with van der Waals surface area (Å²) in [7, 11) is 0. The molecular formula is C10H26N2O4. The highest BCUT2D eigenvalue weighted by atomic mass is 16.4. The van der Waals surface area contributed by atoms with Crippen molar-refractivity contribution in [3.8, 4) is 0 Å². The summed E-state index contributed by atoms with van der Waals surface area (Å²) in [6.45, 7) is 3.89. The molecule has 0 radical (unpaired) electrons. The van der Waals surface area contributed by atoms with E-state index >= 15 is 0 Å². The summed E-state index contributed by atoms with van der Waals surface area (Å²) in [6, 6.07) is 0. The van der Waals surface area contributed by atoms with E-state index in [0.717, 1.165) is 25.7 Å². The number of carboxylic acid groups (broad SMARTS) is 2. The fourth-order valence-corrected chi connectivity index (χ4v) is 0.642. The number of unbranched alkanes of at least 4 members (excludes halogenated alkanes) is 2. The van der Waals surface area contributed by atoms with E-state index in [1.54, 1.807) is 0 Å². The van der Waals surface area contributed by atoms with Crippen molar-refractivity contribution in [3.05, 3.63) is 0 Å². The van der Waals surface area contributed by atoms with Gasteiger partial charge in [0.05, 0.1) is 0 Å². The number of carbonyl (C=O) groups excluding carboxylic acids is 2. The average molecular weight is 238 g/mol. The van der Waals surface area contributed by atoms with Gasteiger partial charge in [0.25, 0.3) is 0 Å². The van der Waals surface area contributed by atoms with Crippen LogP contribution in [0.5, 0.6) is 0 Å². The van der Waals surface area contributed by atoms with Crippen LogP contribution in [0.25, 0.3) is 0 Å². The number of quaternary nitrogens is 2. The molecule has 0 unspecified atom stereocenters. The minimum absolute atomic E-state index is 0. The molecule has 100 valence electrons. The van der Waals surface area contributed by atoms with Gasteiger partial charge in [-0.2, -0.15) is 0 Å². The van der Waals surface area contributed by atoms with Crippen molar-refractivity contribution >= 4 is 11.9 Å². The number of hydrogen-bond acceptors (Lipinski definition) is 4. The van der Waals surface area contributed by atoms with Gasteiger partial charge >= 0.3 is 0 Å². The second-order valence-corrected chi connectivity index (χ2v) is 2.95. The normalized spacial score (nSPS) is 7.62. The molecule has 0 spiro atoms. The van der Waals surface area contributed by atoms with Gasteiger partial charge in [-0.05, 0) is 25.7 Å². The molecule has 0 aliphatic rings. The monoisotopic (exact) mass is 238 g/mol. The van der Waals surface area contributed by atoms with Crippen LogP contribution in [-0.4, -0.2) is 11.9 Å². The summed E-state index contributed by atoms with van der Waals surface area (Å²) < 4.78 is 0. The van der Waals surface area contributed by atoms with Gasteiger partial charge in [-0.3, -0.25) is 0 Å². The van der Waals surface area contributed by atoms with Gasteiger partial charge in [-0.25, -0.2) is 0 Å². The first-order valence-corrected chi connectivity index (χ1v) is 4.94. The minimum atomic E-state index is -0.943. The average Bonchev–Trinajstić information content (AvgIpc) is 2.12. The first-order chi connectivity index (χ1) is 6.54.